The van der Waals surface area contributed by atoms with Gasteiger partial charge in [-0.15, -0.1) is 0 Å². The molecule has 3 heterocycles. The maximum absolute atomic E-state index is 12.2. The Morgan fingerprint density at radius 1 is 1.16 bits per heavy atom. The molecule has 168 valence electrons. The number of hydrogen-bond acceptors (Lipinski definition) is 4. The molecular formula is C21H24F3N3O4. The number of aliphatic carboxylic acids is 1. The molecule has 2 aliphatic rings. The number of alkyl halides is 3. The van der Waals surface area contributed by atoms with Gasteiger partial charge in [-0.05, 0) is 68.5 Å². The van der Waals surface area contributed by atoms with Gasteiger partial charge in [0.2, 0.25) is 11.8 Å². The van der Waals surface area contributed by atoms with Gasteiger partial charge in [0.15, 0.2) is 0 Å². The van der Waals surface area contributed by atoms with Crippen LogP contribution >= 0.6 is 0 Å². The maximum Gasteiger partial charge on any atom is 0.490 e. The molecule has 2 amide bonds. The van der Waals surface area contributed by atoms with Gasteiger partial charge in [0.1, 0.15) is 6.04 Å². The molecule has 0 bridgehead atoms. The number of carbonyl (C=O) groups excluding carboxylic acids is 2. The molecule has 2 aliphatic heterocycles. The number of rotatable bonds is 2. The van der Waals surface area contributed by atoms with E-state index in [4.69, 9.17) is 9.90 Å². The van der Waals surface area contributed by atoms with Crippen LogP contribution in [-0.2, 0) is 14.4 Å². The normalized spacial score (nSPS) is 20.2. The summed E-state index contributed by atoms with van der Waals surface area (Å²) >= 11 is 0. The SMILES string of the molecule is Cc1cn(C2CCC(=O)NC2=O)c2ccc(C3CCNCC3)cc12.O=C(O)C(F)(F)F. The predicted octanol–water partition coefficient (Wildman–Crippen LogP) is 3.03. The monoisotopic (exact) mass is 439 g/mol. The summed E-state index contributed by atoms with van der Waals surface area (Å²) in [5.41, 5.74) is 3.67. The van der Waals surface area contributed by atoms with E-state index < -0.39 is 12.1 Å². The van der Waals surface area contributed by atoms with Crippen LogP contribution in [0.1, 0.15) is 48.8 Å². The molecule has 1 atom stereocenters. The van der Waals surface area contributed by atoms with Crippen molar-refractivity contribution in [2.24, 2.45) is 0 Å². The standard InChI is InChI=1S/C19H23N3O2.C2HF3O2/c1-12-11-22(17-4-5-18(23)21-19(17)24)16-3-2-14(10-15(12)16)13-6-8-20-9-7-13;3-2(4,5)1(6)7/h2-3,10-11,13,17,20H,4-9H2,1H3,(H,21,23,24);(H,6,7). The third kappa shape index (κ3) is 5.25. The van der Waals surface area contributed by atoms with Crippen molar-refractivity contribution in [3.05, 3.63) is 35.5 Å². The average molecular weight is 439 g/mol. The third-order valence-electron chi connectivity index (χ3n) is 5.66. The van der Waals surface area contributed by atoms with Gasteiger partial charge in [-0.2, -0.15) is 13.2 Å². The summed E-state index contributed by atoms with van der Waals surface area (Å²) in [6, 6.07) is 6.36. The van der Waals surface area contributed by atoms with Crippen LogP contribution in [0.5, 0.6) is 0 Å². The van der Waals surface area contributed by atoms with E-state index >= 15 is 0 Å². The predicted molar refractivity (Wildman–Crippen MR) is 107 cm³/mol. The van der Waals surface area contributed by atoms with Crippen LogP contribution in [0, 0.1) is 6.92 Å². The van der Waals surface area contributed by atoms with E-state index in [0.717, 1.165) is 18.6 Å². The first-order chi connectivity index (χ1) is 14.6. The largest absolute Gasteiger partial charge is 0.490 e. The van der Waals surface area contributed by atoms with E-state index in [2.05, 4.69) is 42.0 Å². The zero-order chi connectivity index (χ0) is 22.8. The van der Waals surface area contributed by atoms with Gasteiger partial charge in [0, 0.05) is 23.5 Å². The summed E-state index contributed by atoms with van der Waals surface area (Å²) in [6.45, 7) is 4.26. The highest BCUT2D eigenvalue weighted by molar-refractivity contribution is 6.00. The summed E-state index contributed by atoms with van der Waals surface area (Å²) in [4.78, 5) is 32.5. The van der Waals surface area contributed by atoms with Gasteiger partial charge in [0.25, 0.3) is 0 Å². The zero-order valence-corrected chi connectivity index (χ0v) is 17.0. The highest BCUT2D eigenvalue weighted by Gasteiger charge is 2.38. The van der Waals surface area contributed by atoms with Crippen LogP contribution in [0.15, 0.2) is 24.4 Å². The highest BCUT2D eigenvalue weighted by Crippen LogP contribution is 2.32. The Hall–Kier alpha value is -2.88. The van der Waals surface area contributed by atoms with Gasteiger partial charge in [-0.3, -0.25) is 14.9 Å². The number of nitrogens with one attached hydrogen (secondary N) is 2. The Bertz CT molecular complexity index is 994. The van der Waals surface area contributed by atoms with Crippen LogP contribution in [0.2, 0.25) is 0 Å². The fourth-order valence-electron chi connectivity index (χ4n) is 4.06. The smallest absolute Gasteiger partial charge is 0.475 e. The first kappa shape index (κ1) is 22.8. The molecule has 3 N–H and O–H groups in total. The Kier molecular flexibility index (Phi) is 6.68. The molecule has 2 aromatic rings. The number of aromatic nitrogens is 1. The number of benzene rings is 1. The van der Waals surface area contributed by atoms with Crippen molar-refractivity contribution in [3.8, 4) is 0 Å². The lowest BCUT2D eigenvalue weighted by Gasteiger charge is -2.24. The topological polar surface area (TPSA) is 100 Å². The number of nitrogens with zero attached hydrogens (tertiary/aromatic N) is 1. The highest BCUT2D eigenvalue weighted by atomic mass is 19.4. The summed E-state index contributed by atoms with van der Waals surface area (Å²) in [5, 5.41) is 14.2. The zero-order valence-electron chi connectivity index (χ0n) is 17.0. The number of aryl methyl sites for hydroxylation is 1. The number of carboxylic acid groups (broad SMARTS) is 1. The van der Waals surface area contributed by atoms with Gasteiger partial charge in [-0.1, -0.05) is 6.07 Å². The lowest BCUT2D eigenvalue weighted by molar-refractivity contribution is -0.192. The number of amides is 2. The number of carbonyl (C=O) groups is 3. The van der Waals surface area contributed by atoms with Crippen LogP contribution < -0.4 is 10.6 Å². The number of fused-ring (bicyclic) bond motifs is 1. The van der Waals surface area contributed by atoms with E-state index in [1.165, 1.54) is 29.4 Å². The van der Waals surface area contributed by atoms with Crippen molar-refractivity contribution < 1.29 is 32.7 Å². The summed E-state index contributed by atoms with van der Waals surface area (Å²) in [5.74, 6) is -2.50. The Labute approximate surface area is 176 Å². The Balaban J connectivity index is 0.000000339. The summed E-state index contributed by atoms with van der Waals surface area (Å²) in [6.07, 6.45) is 0.305. The van der Waals surface area contributed by atoms with Crippen molar-refractivity contribution in [2.45, 2.75) is 50.7 Å². The summed E-state index contributed by atoms with van der Waals surface area (Å²) < 4.78 is 33.8. The Morgan fingerprint density at radius 2 is 1.81 bits per heavy atom. The fraction of sp³-hybridized carbons (Fsp3) is 0.476. The maximum atomic E-state index is 12.2. The number of piperidine rings is 2. The Morgan fingerprint density at radius 3 is 2.39 bits per heavy atom. The molecule has 1 aromatic heterocycles. The number of halogens is 3. The van der Waals surface area contributed by atoms with Crippen LogP contribution in [-0.4, -0.2) is 46.7 Å². The quantitative estimate of drug-likeness (QED) is 0.625. The minimum atomic E-state index is -5.08. The fourth-order valence-corrected chi connectivity index (χ4v) is 4.06. The second kappa shape index (κ2) is 9.09. The number of carboxylic acids is 1. The van der Waals surface area contributed by atoms with E-state index in [1.807, 2.05) is 4.57 Å². The second-order valence-corrected chi connectivity index (χ2v) is 7.79. The van der Waals surface area contributed by atoms with Crippen molar-refractivity contribution in [1.82, 2.24) is 15.2 Å². The van der Waals surface area contributed by atoms with Gasteiger partial charge < -0.3 is 15.0 Å². The number of imide groups is 1. The second-order valence-electron chi connectivity index (χ2n) is 7.79. The van der Waals surface area contributed by atoms with Gasteiger partial charge in [-0.25, -0.2) is 4.79 Å². The van der Waals surface area contributed by atoms with Crippen molar-refractivity contribution in [2.75, 3.05) is 13.1 Å². The molecule has 1 unspecified atom stereocenters. The molecule has 2 fully saturated rings. The molecule has 31 heavy (non-hydrogen) atoms. The molecule has 0 radical (unpaired) electrons. The van der Waals surface area contributed by atoms with E-state index in [-0.39, 0.29) is 17.9 Å². The molecule has 10 heteroatoms. The first-order valence-corrected chi connectivity index (χ1v) is 10.0. The molecule has 0 spiro atoms. The van der Waals surface area contributed by atoms with Crippen LogP contribution in [0.3, 0.4) is 0 Å². The minimum absolute atomic E-state index is 0.169. The van der Waals surface area contributed by atoms with Crippen LogP contribution in [0.4, 0.5) is 13.2 Å². The minimum Gasteiger partial charge on any atom is -0.475 e. The van der Waals surface area contributed by atoms with Gasteiger partial charge >= 0.3 is 12.1 Å². The molecule has 2 saturated heterocycles. The molecule has 4 rings (SSSR count). The molecule has 0 aliphatic carbocycles. The average Bonchev–Trinajstić information content (AvgIpc) is 3.04. The van der Waals surface area contributed by atoms with E-state index in [9.17, 15) is 22.8 Å². The van der Waals surface area contributed by atoms with E-state index in [0.29, 0.717) is 18.8 Å². The molecule has 7 nitrogen and oxygen atoms in total. The molecule has 1 aromatic carbocycles. The third-order valence-corrected chi connectivity index (χ3v) is 5.66. The lowest BCUT2D eigenvalue weighted by Crippen LogP contribution is -2.41. The summed E-state index contributed by atoms with van der Waals surface area (Å²) in [7, 11) is 0. The molecular weight excluding hydrogens is 415 g/mol. The first-order valence-electron chi connectivity index (χ1n) is 10.0. The number of hydrogen-bond donors (Lipinski definition) is 3. The lowest BCUT2D eigenvalue weighted by atomic mass is 9.89. The van der Waals surface area contributed by atoms with Gasteiger partial charge in [0.05, 0.1) is 0 Å². The van der Waals surface area contributed by atoms with Crippen molar-refractivity contribution in [3.63, 3.8) is 0 Å². The van der Waals surface area contributed by atoms with Crippen LogP contribution in [0.25, 0.3) is 10.9 Å². The van der Waals surface area contributed by atoms with Crippen molar-refractivity contribution >= 4 is 28.7 Å². The van der Waals surface area contributed by atoms with E-state index in [1.54, 1.807) is 0 Å². The molecule has 0 saturated carbocycles. The van der Waals surface area contributed by atoms with Crippen molar-refractivity contribution in [1.29, 1.82) is 0 Å².